The van der Waals surface area contributed by atoms with Crippen molar-refractivity contribution in [2.45, 2.75) is 19.3 Å². The average Bonchev–Trinajstić information content (AvgIpc) is 4.15. The minimum absolute atomic E-state index is 0.254. The minimum Gasteiger partial charge on any atom is -0.236 e. The summed E-state index contributed by atoms with van der Waals surface area (Å²) in [6.07, 6.45) is 0. The Labute approximate surface area is 409 Å². The first-order valence-electron chi connectivity index (χ1n) is 24.4. The molecule has 1 heterocycles. The fourth-order valence-corrected chi connectivity index (χ4v) is 14.0. The predicted octanol–water partition coefficient (Wildman–Crippen LogP) is 19.2. The van der Waals surface area contributed by atoms with Crippen molar-refractivity contribution in [3.05, 3.63) is 223 Å². The molecule has 3 aliphatic rings. The van der Waals surface area contributed by atoms with Gasteiger partial charge in [0.1, 0.15) is 5.01 Å². The van der Waals surface area contributed by atoms with E-state index in [1.54, 1.807) is 11.3 Å². The molecule has 1 aromatic heterocycles. The fourth-order valence-electron chi connectivity index (χ4n) is 13.0. The van der Waals surface area contributed by atoms with Gasteiger partial charge in [0.2, 0.25) is 0 Å². The Hall–Kier alpha value is -8.43. The van der Waals surface area contributed by atoms with Gasteiger partial charge in [-0.05, 0) is 174 Å². The molecule has 0 fully saturated rings. The quantitative estimate of drug-likeness (QED) is 0.160. The Bertz CT molecular complexity index is 4400. The van der Waals surface area contributed by atoms with Crippen LogP contribution in [-0.4, -0.2) is 4.98 Å². The Balaban J connectivity index is 0.950. The number of rotatable bonds is 4. The van der Waals surface area contributed by atoms with E-state index in [1.165, 1.54) is 148 Å². The molecule has 13 aromatic rings. The zero-order valence-corrected chi connectivity index (χ0v) is 39.4. The zero-order chi connectivity index (χ0) is 46.0. The topological polar surface area (TPSA) is 12.9 Å². The van der Waals surface area contributed by atoms with Gasteiger partial charge in [-0.1, -0.05) is 196 Å². The molecule has 0 unspecified atom stereocenters. The maximum atomic E-state index is 4.95. The highest BCUT2D eigenvalue weighted by molar-refractivity contribution is 7.21. The molecule has 3 aliphatic carbocycles. The molecule has 324 valence electrons. The van der Waals surface area contributed by atoms with Crippen molar-refractivity contribution in [2.75, 3.05) is 0 Å². The summed E-state index contributed by atoms with van der Waals surface area (Å²) in [6.45, 7) is 4.87. The molecule has 70 heavy (non-hydrogen) atoms. The zero-order valence-electron chi connectivity index (χ0n) is 38.6. The molecule has 0 atom stereocenters. The third kappa shape index (κ3) is 5.08. The van der Waals surface area contributed by atoms with Crippen molar-refractivity contribution in [3.8, 4) is 99.6 Å². The second-order valence-electron chi connectivity index (χ2n) is 20.1. The summed E-state index contributed by atoms with van der Waals surface area (Å²) >= 11 is 1.75. The summed E-state index contributed by atoms with van der Waals surface area (Å²) in [5.41, 5.74) is 25.5. The highest BCUT2D eigenvalue weighted by Gasteiger charge is 2.37. The Morgan fingerprint density at radius 3 is 1.36 bits per heavy atom. The molecule has 0 amide bonds. The van der Waals surface area contributed by atoms with Gasteiger partial charge in [0, 0.05) is 11.0 Å². The normalized spacial score (nSPS) is 13.4. The van der Waals surface area contributed by atoms with Gasteiger partial charge in [-0.15, -0.1) is 11.3 Å². The van der Waals surface area contributed by atoms with E-state index in [4.69, 9.17) is 4.98 Å². The van der Waals surface area contributed by atoms with Crippen LogP contribution in [0, 0.1) is 0 Å². The first kappa shape index (κ1) is 38.5. The van der Waals surface area contributed by atoms with E-state index >= 15 is 0 Å². The largest absolute Gasteiger partial charge is 0.236 e. The summed E-state index contributed by atoms with van der Waals surface area (Å²) in [7, 11) is 0. The molecule has 16 rings (SSSR count). The lowest BCUT2D eigenvalue weighted by Crippen LogP contribution is -2.15. The molecule has 0 saturated heterocycles. The number of aromatic nitrogens is 1. The summed E-state index contributed by atoms with van der Waals surface area (Å²) in [5, 5.41) is 11.5. The first-order chi connectivity index (χ1) is 34.5. The Morgan fingerprint density at radius 1 is 0.314 bits per heavy atom. The van der Waals surface area contributed by atoms with Gasteiger partial charge in [-0.3, -0.25) is 0 Å². The third-order valence-electron chi connectivity index (χ3n) is 16.2. The predicted molar refractivity (Wildman–Crippen MR) is 298 cm³/mol. The molecule has 2 heteroatoms. The van der Waals surface area contributed by atoms with Crippen LogP contribution >= 0.6 is 11.3 Å². The van der Waals surface area contributed by atoms with Gasteiger partial charge in [0.15, 0.2) is 0 Å². The number of hydrogen-bond acceptors (Lipinski definition) is 2. The van der Waals surface area contributed by atoms with Crippen molar-refractivity contribution in [1.82, 2.24) is 4.98 Å². The molecule has 1 nitrogen and oxygen atoms in total. The van der Waals surface area contributed by atoms with Gasteiger partial charge in [0.05, 0.1) is 10.2 Å². The van der Waals surface area contributed by atoms with E-state index in [2.05, 4.69) is 226 Å². The molecule has 0 aliphatic heterocycles. The molecule has 0 radical (unpaired) electrons. The van der Waals surface area contributed by atoms with Gasteiger partial charge >= 0.3 is 0 Å². The van der Waals surface area contributed by atoms with Crippen molar-refractivity contribution in [3.63, 3.8) is 0 Å². The number of benzene rings is 12. The van der Waals surface area contributed by atoms with E-state index in [1.807, 2.05) is 0 Å². The summed E-state index contributed by atoms with van der Waals surface area (Å²) in [4.78, 5) is 4.95. The molecule has 12 aromatic carbocycles. The summed E-state index contributed by atoms with van der Waals surface area (Å²) in [5.74, 6) is 0. The summed E-state index contributed by atoms with van der Waals surface area (Å²) in [6, 6.07) is 80.3. The standard InChI is InChI=1S/C68H41NS/c1-68(2)59-35-40(38-25-27-39(28-26-38)67-69-61-23-9-10-24-62(61)70-67)29-30-45(59)56-36-57-58(37-60(56)68)66(55-34-32-53-44-16-6-4-14-42(44)47-20-12-22-51(55)64(47)53)49-18-8-7-17-48(49)65(57)54-33-31-52-43-15-5-3-13-41(43)46-19-11-21-50(54)63(46)52/h3-37H,1-2H3. The van der Waals surface area contributed by atoms with Gasteiger partial charge < -0.3 is 0 Å². The fraction of sp³-hybridized carbons (Fsp3) is 0.0441. The third-order valence-corrected chi connectivity index (χ3v) is 17.3. The Kier molecular flexibility index (Phi) is 7.62. The number of hydrogen-bond donors (Lipinski definition) is 0. The van der Waals surface area contributed by atoms with E-state index in [0.717, 1.165) is 16.1 Å². The average molecular weight is 904 g/mol. The SMILES string of the molecule is CC1(C)c2cc(-c3ccc(-c4nc5ccccc5s4)cc3)ccc2-c2cc3c(-c4ccc5c6c(cccc46)-c4ccccc4-5)c4ccccc4c(-c4ccc5c6c(cccc46)-c4ccccc4-5)c3cc21. The van der Waals surface area contributed by atoms with Gasteiger partial charge in [0.25, 0.3) is 0 Å². The Morgan fingerprint density at radius 2 is 0.757 bits per heavy atom. The van der Waals surface area contributed by atoms with Crippen LogP contribution in [0.2, 0.25) is 0 Å². The maximum Gasteiger partial charge on any atom is 0.124 e. The molecular weight excluding hydrogens is 863 g/mol. The van der Waals surface area contributed by atoms with Gasteiger partial charge in [-0.2, -0.15) is 0 Å². The van der Waals surface area contributed by atoms with Crippen molar-refractivity contribution in [1.29, 1.82) is 0 Å². The van der Waals surface area contributed by atoms with Crippen LogP contribution in [0.15, 0.2) is 212 Å². The number of nitrogens with zero attached hydrogens (tertiary/aromatic N) is 1. The molecule has 0 N–H and O–H groups in total. The van der Waals surface area contributed by atoms with Crippen LogP contribution in [0.4, 0.5) is 0 Å². The lowest BCUT2D eigenvalue weighted by atomic mass is 9.78. The first-order valence-corrected chi connectivity index (χ1v) is 25.3. The number of thiazole rings is 1. The lowest BCUT2D eigenvalue weighted by molar-refractivity contribution is 0.661. The minimum atomic E-state index is -0.254. The monoisotopic (exact) mass is 903 g/mol. The van der Waals surface area contributed by atoms with E-state index in [-0.39, 0.29) is 5.41 Å². The maximum absolute atomic E-state index is 4.95. The van der Waals surface area contributed by atoms with Crippen LogP contribution in [0.5, 0.6) is 0 Å². The van der Waals surface area contributed by atoms with E-state index < -0.39 is 0 Å². The molecule has 0 saturated carbocycles. The number of fused-ring (bicyclic) bond motifs is 12. The molecule has 0 spiro atoms. The van der Waals surface area contributed by atoms with Gasteiger partial charge in [-0.25, -0.2) is 4.98 Å². The number of para-hydroxylation sites is 1. The lowest BCUT2D eigenvalue weighted by Gasteiger charge is -2.25. The van der Waals surface area contributed by atoms with Crippen LogP contribution in [0.1, 0.15) is 25.0 Å². The molecule has 0 bridgehead atoms. The van der Waals surface area contributed by atoms with Crippen molar-refractivity contribution >= 4 is 64.6 Å². The smallest absolute Gasteiger partial charge is 0.124 e. The second-order valence-corrected chi connectivity index (χ2v) is 21.1. The highest BCUT2D eigenvalue weighted by atomic mass is 32.1. The van der Waals surface area contributed by atoms with Crippen LogP contribution in [-0.2, 0) is 5.41 Å². The van der Waals surface area contributed by atoms with Crippen molar-refractivity contribution in [2.24, 2.45) is 0 Å². The highest BCUT2D eigenvalue weighted by Crippen LogP contribution is 2.57. The van der Waals surface area contributed by atoms with Crippen LogP contribution in [0.3, 0.4) is 0 Å². The van der Waals surface area contributed by atoms with Crippen LogP contribution < -0.4 is 0 Å². The second kappa shape index (κ2) is 13.9. The summed E-state index contributed by atoms with van der Waals surface area (Å²) < 4.78 is 1.22. The molecular formula is C68H41NS. The van der Waals surface area contributed by atoms with E-state index in [9.17, 15) is 0 Å². The van der Waals surface area contributed by atoms with E-state index in [0.29, 0.717) is 0 Å². The van der Waals surface area contributed by atoms with Crippen LogP contribution in [0.25, 0.3) is 153 Å². The van der Waals surface area contributed by atoms with Crippen molar-refractivity contribution < 1.29 is 0 Å².